The van der Waals surface area contributed by atoms with Crippen LogP contribution < -0.4 is 15.7 Å². The fraction of sp³-hybridized carbons (Fsp3) is 0.571. The van der Waals surface area contributed by atoms with E-state index in [9.17, 15) is 32.3 Å². The Hall–Kier alpha value is -5.36. The number of halogens is 4. The lowest BCUT2D eigenvalue weighted by molar-refractivity contribution is -0.217. The van der Waals surface area contributed by atoms with Crippen LogP contribution >= 0.6 is 0 Å². The lowest BCUT2D eigenvalue weighted by atomic mass is 9.67. The van der Waals surface area contributed by atoms with Crippen LogP contribution in [0.25, 0.3) is 16.6 Å². The Labute approximate surface area is 425 Å². The predicted octanol–water partition coefficient (Wildman–Crippen LogP) is 8.21. The number of allylic oxidation sites excluding steroid dienone is 2. The molecule has 3 aromatic carbocycles. The Balaban J connectivity index is 0.834. The highest BCUT2D eigenvalue weighted by molar-refractivity contribution is 6.00. The van der Waals surface area contributed by atoms with Gasteiger partial charge in [0.1, 0.15) is 17.6 Å². The first kappa shape index (κ1) is 52.5. The van der Waals surface area contributed by atoms with Crippen molar-refractivity contribution in [2.24, 2.45) is 11.3 Å². The van der Waals surface area contributed by atoms with Crippen molar-refractivity contribution < 1.29 is 41.4 Å². The minimum absolute atomic E-state index is 0.0964. The van der Waals surface area contributed by atoms with Gasteiger partial charge < -0.3 is 19.3 Å². The molecule has 3 fully saturated rings. The molecule has 4 aromatic rings. The minimum Gasteiger partial charge on any atom is -0.497 e. The monoisotopic (exact) mass is 1010 g/mol. The number of amides is 3. The molecule has 0 spiro atoms. The first-order valence-corrected chi connectivity index (χ1v) is 26.0. The fourth-order valence-electron chi connectivity index (χ4n) is 12.2. The predicted molar refractivity (Wildman–Crippen MR) is 271 cm³/mol. The fourth-order valence-corrected chi connectivity index (χ4v) is 12.2. The molecule has 0 radical (unpaired) electrons. The molecule has 394 valence electrons. The lowest BCUT2D eigenvalue weighted by Gasteiger charge is -2.46. The molecule has 1 aromatic heterocycles. The summed E-state index contributed by atoms with van der Waals surface area (Å²) in [5.74, 6) is -0.597. The molecule has 3 amide bonds. The molecule has 1 unspecified atom stereocenters. The SMILES string of the molecule is COc1ccc([C@]2(CCN(Cc3ccc(C4=CC[C@H](C(=O)N5CCN(Cc6ccc7c8c6CN(C)CCn8c(=O)n7C6CCC(=O)NC6=O)CC5)CC4)c(F)c3)CC(C)(C)C(F)(F)F)CCOC(C)(C)C2)cc1. The molecule has 17 heteroatoms. The van der Waals surface area contributed by atoms with Crippen LogP contribution in [0.15, 0.2) is 65.5 Å². The number of hydrogen-bond acceptors (Lipinski definition) is 9. The van der Waals surface area contributed by atoms with E-state index in [2.05, 4.69) is 29.0 Å². The molecule has 0 bridgehead atoms. The van der Waals surface area contributed by atoms with Crippen LogP contribution in [0.1, 0.15) is 113 Å². The maximum Gasteiger partial charge on any atom is 0.395 e. The number of imidazole rings is 1. The zero-order valence-electron chi connectivity index (χ0n) is 43.2. The number of carbonyl (C=O) groups is 3. The van der Waals surface area contributed by atoms with Crippen LogP contribution in [0.2, 0.25) is 0 Å². The van der Waals surface area contributed by atoms with E-state index in [4.69, 9.17) is 9.47 Å². The van der Waals surface area contributed by atoms with Gasteiger partial charge >= 0.3 is 11.9 Å². The van der Waals surface area contributed by atoms with E-state index in [0.29, 0.717) is 114 Å². The molecule has 1 N–H and O–H groups in total. The number of nitrogens with one attached hydrogen (secondary N) is 1. The maximum atomic E-state index is 16.2. The Kier molecular flexibility index (Phi) is 14.9. The van der Waals surface area contributed by atoms with E-state index in [1.807, 2.05) is 65.4 Å². The third-order valence-electron chi connectivity index (χ3n) is 16.4. The number of imide groups is 1. The smallest absolute Gasteiger partial charge is 0.395 e. The summed E-state index contributed by atoms with van der Waals surface area (Å²) < 4.78 is 74.4. The number of benzene rings is 3. The zero-order chi connectivity index (χ0) is 52.0. The van der Waals surface area contributed by atoms with Crippen molar-refractivity contribution in [3.05, 3.63) is 105 Å². The van der Waals surface area contributed by atoms with Crippen LogP contribution in [-0.2, 0) is 50.7 Å². The molecule has 3 saturated heterocycles. The average Bonchev–Trinajstić information content (AvgIpc) is 3.49. The van der Waals surface area contributed by atoms with E-state index >= 15 is 4.39 Å². The van der Waals surface area contributed by atoms with Crippen molar-refractivity contribution in [2.75, 3.05) is 66.6 Å². The maximum absolute atomic E-state index is 16.2. The van der Waals surface area contributed by atoms with Gasteiger partial charge in [0, 0.05) is 95.4 Å². The average molecular weight is 1010 g/mol. The van der Waals surface area contributed by atoms with Gasteiger partial charge in [-0.3, -0.25) is 38.6 Å². The van der Waals surface area contributed by atoms with E-state index in [1.54, 1.807) is 22.3 Å². The second kappa shape index (κ2) is 20.7. The van der Waals surface area contributed by atoms with Crippen molar-refractivity contribution in [2.45, 2.75) is 128 Å². The number of aromatic nitrogens is 2. The van der Waals surface area contributed by atoms with Gasteiger partial charge in [-0.25, -0.2) is 9.18 Å². The Morgan fingerprint density at radius 1 is 0.945 bits per heavy atom. The molecule has 4 aliphatic heterocycles. The van der Waals surface area contributed by atoms with Crippen molar-refractivity contribution in [1.29, 1.82) is 0 Å². The summed E-state index contributed by atoms with van der Waals surface area (Å²) >= 11 is 0. The number of carbonyl (C=O) groups excluding carboxylic acids is 3. The van der Waals surface area contributed by atoms with Gasteiger partial charge in [-0.05, 0) is 138 Å². The molecule has 1 aliphatic carbocycles. The third-order valence-corrected chi connectivity index (χ3v) is 16.4. The first-order valence-electron chi connectivity index (χ1n) is 26.0. The topological polar surface area (TPSA) is 122 Å². The summed E-state index contributed by atoms with van der Waals surface area (Å²) in [5.41, 5.74) is 3.64. The highest BCUT2D eigenvalue weighted by Crippen LogP contribution is 2.46. The highest BCUT2D eigenvalue weighted by atomic mass is 19.4. The second-order valence-corrected chi connectivity index (χ2v) is 22.6. The number of piperazine rings is 1. The summed E-state index contributed by atoms with van der Waals surface area (Å²) in [6, 6.07) is 16.2. The molecular formula is C56H71F4N7O6. The molecule has 13 nitrogen and oxygen atoms in total. The van der Waals surface area contributed by atoms with Crippen molar-refractivity contribution >= 4 is 34.3 Å². The number of piperidine rings is 1. The van der Waals surface area contributed by atoms with E-state index in [1.165, 1.54) is 19.9 Å². The Morgan fingerprint density at radius 3 is 2.36 bits per heavy atom. The van der Waals surface area contributed by atoms with Crippen LogP contribution in [0.5, 0.6) is 5.75 Å². The van der Waals surface area contributed by atoms with Gasteiger partial charge in [0.15, 0.2) is 0 Å². The van der Waals surface area contributed by atoms with E-state index < -0.39 is 35.0 Å². The number of likely N-dealkylation sites (N-methyl/N-ethyl adjacent to an activating group) is 1. The quantitative estimate of drug-likeness (QED) is 0.0985. The van der Waals surface area contributed by atoms with Gasteiger partial charge in [-0.15, -0.1) is 0 Å². The van der Waals surface area contributed by atoms with Gasteiger partial charge in [0.2, 0.25) is 17.7 Å². The number of rotatable bonds is 14. The highest BCUT2D eigenvalue weighted by Gasteiger charge is 2.49. The summed E-state index contributed by atoms with van der Waals surface area (Å²) in [5, 5.41) is 2.40. The summed E-state index contributed by atoms with van der Waals surface area (Å²) in [6.45, 7) is 12.3. The number of ether oxygens (including phenoxy) is 2. The Bertz CT molecular complexity index is 2810. The number of hydrogen-bond donors (Lipinski definition) is 1. The zero-order valence-corrected chi connectivity index (χ0v) is 43.2. The number of methoxy groups -OCH3 is 1. The van der Waals surface area contributed by atoms with Crippen LogP contribution in [0, 0.1) is 17.2 Å². The lowest BCUT2D eigenvalue weighted by Crippen LogP contribution is -2.50. The molecule has 5 aliphatic rings. The van der Waals surface area contributed by atoms with Gasteiger partial charge in [-0.2, -0.15) is 13.2 Å². The molecule has 3 atom stereocenters. The number of alkyl halides is 3. The molecule has 9 rings (SSSR count). The second-order valence-electron chi connectivity index (χ2n) is 22.6. The Morgan fingerprint density at radius 2 is 1.70 bits per heavy atom. The van der Waals surface area contributed by atoms with Crippen molar-refractivity contribution in [3.8, 4) is 5.75 Å². The standard InChI is InChI=1S/C56H71F4N7O6/c1-53(2,56(58,59)60)36-64(23-21-55(22-30-73-54(3,4)35-55)41-13-15-42(72-6)16-14-41)32-37-7-17-43(45(57)31-37)38-8-10-39(11-9-38)51(70)65-27-25-63(26-28-65)33-40-12-18-46-49-44(40)34-62(5)24-29-66(49)52(71)67(46)47-19-20-48(68)61-50(47)69/h7-8,12-18,31,39,47H,9-11,19-30,32-36H2,1-6H3,(H,61,68,69)/t39-,47?,55+/m0/s1. The van der Waals surface area contributed by atoms with Crippen LogP contribution in [0.4, 0.5) is 17.6 Å². The van der Waals surface area contributed by atoms with Crippen molar-refractivity contribution in [1.82, 2.24) is 34.1 Å². The van der Waals surface area contributed by atoms with Gasteiger partial charge in [0.25, 0.3) is 0 Å². The normalized spacial score (nSPS) is 23.4. The number of nitrogens with zero attached hydrogens (tertiary/aromatic N) is 6. The first-order chi connectivity index (χ1) is 34.6. The molecule has 0 saturated carbocycles. The van der Waals surface area contributed by atoms with Crippen LogP contribution in [-0.4, -0.2) is 125 Å². The van der Waals surface area contributed by atoms with E-state index in [-0.39, 0.29) is 54.8 Å². The van der Waals surface area contributed by atoms with Gasteiger partial charge in [-0.1, -0.05) is 36.4 Å². The molecule has 73 heavy (non-hydrogen) atoms. The van der Waals surface area contributed by atoms with Gasteiger partial charge in [0.05, 0.1) is 29.2 Å². The van der Waals surface area contributed by atoms with Crippen LogP contribution in [0.3, 0.4) is 0 Å². The summed E-state index contributed by atoms with van der Waals surface area (Å²) in [6.07, 6.45) is 1.61. The summed E-state index contributed by atoms with van der Waals surface area (Å²) in [7, 11) is 3.65. The third kappa shape index (κ3) is 11.1. The van der Waals surface area contributed by atoms with E-state index in [0.717, 1.165) is 40.0 Å². The minimum atomic E-state index is -4.44. The largest absolute Gasteiger partial charge is 0.497 e. The molecule has 5 heterocycles. The summed E-state index contributed by atoms with van der Waals surface area (Å²) in [4.78, 5) is 61.0. The molecular weight excluding hydrogens is 943 g/mol. The van der Waals surface area contributed by atoms with Crippen molar-refractivity contribution in [3.63, 3.8) is 0 Å².